The summed E-state index contributed by atoms with van der Waals surface area (Å²) in [5, 5.41) is 7.19. The van der Waals surface area contributed by atoms with Crippen LogP contribution in [-0.2, 0) is 17.9 Å². The van der Waals surface area contributed by atoms with Crippen molar-refractivity contribution in [2.45, 2.75) is 18.0 Å². The van der Waals surface area contributed by atoms with Crippen molar-refractivity contribution in [3.05, 3.63) is 118 Å². The number of hydrogen-bond donors (Lipinski definition) is 2. The lowest BCUT2D eigenvalue weighted by Gasteiger charge is -2.13. The van der Waals surface area contributed by atoms with Gasteiger partial charge in [-0.2, -0.15) is 0 Å². The minimum absolute atomic E-state index is 0.0218. The molecular weight excluding hydrogens is 568 g/mol. The fourth-order valence-corrected chi connectivity index (χ4v) is 5.26. The molecule has 0 spiro atoms. The summed E-state index contributed by atoms with van der Waals surface area (Å²) in [6.45, 7) is 1.14. The second kappa shape index (κ2) is 11.9. The van der Waals surface area contributed by atoms with Gasteiger partial charge < -0.3 is 10.6 Å². The van der Waals surface area contributed by atoms with Gasteiger partial charge in [-0.3, -0.25) is 9.20 Å². The molecule has 8 heteroatoms. The van der Waals surface area contributed by atoms with Gasteiger partial charge in [0.2, 0.25) is 5.91 Å². The van der Waals surface area contributed by atoms with Gasteiger partial charge in [0.25, 0.3) is 0 Å². The first kappa shape index (κ1) is 25.4. The number of anilines is 1. The Hall–Kier alpha value is -3.26. The van der Waals surface area contributed by atoms with Crippen molar-refractivity contribution in [1.82, 2.24) is 14.7 Å². The van der Waals surface area contributed by atoms with Crippen molar-refractivity contribution in [1.29, 1.82) is 0 Å². The lowest BCUT2D eigenvalue weighted by Crippen LogP contribution is -2.24. The SMILES string of the molecule is O=C(CSc1ccccc1)NCc1ccc(CNc2cc(-c3ccccc3Cl)nc3c(Br)ccn23)cc1. The Morgan fingerprint density at radius 1 is 0.919 bits per heavy atom. The number of halogens is 2. The molecular formula is C29H24BrClN4OS. The number of amides is 1. The highest BCUT2D eigenvalue weighted by molar-refractivity contribution is 9.10. The molecule has 0 unspecified atom stereocenters. The predicted octanol–water partition coefficient (Wildman–Crippen LogP) is 7.44. The molecule has 0 saturated carbocycles. The third kappa shape index (κ3) is 6.36. The molecule has 5 aromatic rings. The topological polar surface area (TPSA) is 58.4 Å². The van der Waals surface area contributed by atoms with Crippen LogP contribution in [0.15, 0.2) is 107 Å². The molecule has 5 nitrogen and oxygen atoms in total. The smallest absolute Gasteiger partial charge is 0.230 e. The largest absolute Gasteiger partial charge is 0.367 e. The second-order valence-electron chi connectivity index (χ2n) is 8.41. The summed E-state index contributed by atoms with van der Waals surface area (Å²) in [5.41, 5.74) is 4.69. The zero-order valence-electron chi connectivity index (χ0n) is 19.8. The number of carbonyl (C=O) groups excluding carboxylic acids is 1. The lowest BCUT2D eigenvalue weighted by molar-refractivity contribution is -0.118. The van der Waals surface area contributed by atoms with Crippen LogP contribution in [0.1, 0.15) is 11.1 Å². The number of nitrogens with one attached hydrogen (secondary N) is 2. The van der Waals surface area contributed by atoms with E-state index in [1.165, 1.54) is 11.8 Å². The molecule has 2 heterocycles. The Morgan fingerprint density at radius 3 is 2.38 bits per heavy atom. The van der Waals surface area contributed by atoms with E-state index in [-0.39, 0.29) is 5.91 Å². The lowest BCUT2D eigenvalue weighted by atomic mass is 10.1. The van der Waals surface area contributed by atoms with Gasteiger partial charge in [0, 0.05) is 40.8 Å². The molecule has 0 saturated heterocycles. The van der Waals surface area contributed by atoms with E-state index in [9.17, 15) is 4.79 Å². The highest BCUT2D eigenvalue weighted by Gasteiger charge is 2.12. The summed E-state index contributed by atoms with van der Waals surface area (Å²) in [6, 6.07) is 29.9. The van der Waals surface area contributed by atoms with Crippen molar-refractivity contribution in [3.63, 3.8) is 0 Å². The number of aromatic nitrogens is 2. The van der Waals surface area contributed by atoms with Gasteiger partial charge in [-0.15, -0.1) is 11.8 Å². The van der Waals surface area contributed by atoms with Gasteiger partial charge in [-0.05, 0) is 51.3 Å². The molecule has 186 valence electrons. The van der Waals surface area contributed by atoms with E-state index in [1.54, 1.807) is 0 Å². The molecule has 1 amide bonds. The summed E-state index contributed by atoms with van der Waals surface area (Å²) in [6.07, 6.45) is 1.98. The second-order valence-corrected chi connectivity index (χ2v) is 10.7. The number of rotatable bonds is 9. The maximum atomic E-state index is 12.2. The first-order valence-corrected chi connectivity index (χ1v) is 13.9. The van der Waals surface area contributed by atoms with Gasteiger partial charge in [0.1, 0.15) is 5.82 Å². The number of nitrogens with zero attached hydrogens (tertiary/aromatic N) is 2. The first-order valence-electron chi connectivity index (χ1n) is 11.8. The van der Waals surface area contributed by atoms with Gasteiger partial charge in [0.15, 0.2) is 5.65 Å². The Labute approximate surface area is 233 Å². The van der Waals surface area contributed by atoms with E-state index < -0.39 is 0 Å². The number of carbonyl (C=O) groups is 1. The Kier molecular flexibility index (Phi) is 8.14. The molecule has 0 radical (unpaired) electrons. The van der Waals surface area contributed by atoms with Crippen LogP contribution in [0.5, 0.6) is 0 Å². The van der Waals surface area contributed by atoms with Gasteiger partial charge in [0.05, 0.1) is 15.9 Å². The Morgan fingerprint density at radius 2 is 1.62 bits per heavy atom. The summed E-state index contributed by atoms with van der Waals surface area (Å²) >= 11 is 11.6. The summed E-state index contributed by atoms with van der Waals surface area (Å²) in [4.78, 5) is 18.1. The van der Waals surface area contributed by atoms with Crippen molar-refractivity contribution >= 4 is 56.7 Å². The van der Waals surface area contributed by atoms with Crippen LogP contribution in [0.25, 0.3) is 16.9 Å². The van der Waals surface area contributed by atoms with Crippen LogP contribution in [-0.4, -0.2) is 21.0 Å². The first-order chi connectivity index (χ1) is 18.1. The monoisotopic (exact) mass is 590 g/mol. The van der Waals surface area contributed by atoms with Gasteiger partial charge >= 0.3 is 0 Å². The summed E-state index contributed by atoms with van der Waals surface area (Å²) in [5.74, 6) is 1.34. The fourth-order valence-electron chi connectivity index (χ4n) is 3.88. The van der Waals surface area contributed by atoms with Crippen LogP contribution in [0.3, 0.4) is 0 Å². The molecule has 2 N–H and O–H groups in total. The summed E-state index contributed by atoms with van der Waals surface area (Å²) < 4.78 is 2.93. The normalized spacial score (nSPS) is 11.0. The maximum Gasteiger partial charge on any atom is 0.230 e. The maximum absolute atomic E-state index is 12.2. The highest BCUT2D eigenvalue weighted by Crippen LogP contribution is 2.31. The van der Waals surface area contributed by atoms with Gasteiger partial charge in [-0.25, -0.2) is 4.98 Å². The standard InChI is InChI=1S/C29H24BrClN4OS/c30-24-14-15-35-27(16-26(34-29(24)35)23-8-4-5-9-25(23)31)32-17-20-10-12-21(13-11-20)18-33-28(36)19-37-22-6-2-1-3-7-22/h1-16,32H,17-19H2,(H,33,36). The third-order valence-corrected chi connectivity index (χ3v) is 7.78. The van der Waals surface area contributed by atoms with E-state index in [4.69, 9.17) is 16.6 Å². The van der Waals surface area contributed by atoms with Crippen molar-refractivity contribution < 1.29 is 4.79 Å². The zero-order chi connectivity index (χ0) is 25.6. The molecule has 0 aliphatic rings. The predicted molar refractivity (Wildman–Crippen MR) is 156 cm³/mol. The fraction of sp³-hybridized carbons (Fsp3) is 0.103. The molecule has 0 atom stereocenters. The van der Waals surface area contributed by atoms with Crippen molar-refractivity contribution in [2.24, 2.45) is 0 Å². The van der Waals surface area contributed by atoms with E-state index in [2.05, 4.69) is 38.7 Å². The molecule has 2 aromatic heterocycles. The van der Waals surface area contributed by atoms with Gasteiger partial charge in [-0.1, -0.05) is 72.3 Å². The number of benzene rings is 3. The average molecular weight is 592 g/mol. The van der Waals surface area contributed by atoms with Crippen molar-refractivity contribution in [3.8, 4) is 11.3 Å². The van der Waals surface area contributed by atoms with Crippen LogP contribution < -0.4 is 10.6 Å². The molecule has 0 fully saturated rings. The molecule has 0 aliphatic carbocycles. The van der Waals surface area contributed by atoms with E-state index in [0.29, 0.717) is 23.9 Å². The molecule has 0 aliphatic heterocycles. The van der Waals surface area contributed by atoms with Crippen LogP contribution >= 0.6 is 39.3 Å². The number of hydrogen-bond acceptors (Lipinski definition) is 4. The Balaban J connectivity index is 1.21. The number of fused-ring (bicyclic) bond motifs is 1. The molecule has 3 aromatic carbocycles. The molecule has 37 heavy (non-hydrogen) atoms. The van der Waals surface area contributed by atoms with E-state index in [0.717, 1.165) is 43.2 Å². The summed E-state index contributed by atoms with van der Waals surface area (Å²) in [7, 11) is 0. The van der Waals surface area contributed by atoms with Crippen LogP contribution in [0, 0.1) is 0 Å². The highest BCUT2D eigenvalue weighted by atomic mass is 79.9. The molecule has 0 bridgehead atoms. The van der Waals surface area contributed by atoms with Crippen LogP contribution in [0.2, 0.25) is 5.02 Å². The number of thioether (sulfide) groups is 1. The minimum Gasteiger partial charge on any atom is -0.367 e. The quantitative estimate of drug-likeness (QED) is 0.175. The molecule has 5 rings (SSSR count). The van der Waals surface area contributed by atoms with Crippen molar-refractivity contribution in [2.75, 3.05) is 11.1 Å². The zero-order valence-corrected chi connectivity index (χ0v) is 23.0. The van der Waals surface area contributed by atoms with E-state index >= 15 is 0 Å². The third-order valence-electron chi connectivity index (χ3n) is 5.82. The van der Waals surface area contributed by atoms with Crippen LogP contribution in [0.4, 0.5) is 5.82 Å². The van der Waals surface area contributed by atoms with E-state index in [1.807, 2.05) is 89.5 Å². The minimum atomic E-state index is 0.0218. The average Bonchev–Trinajstić information content (AvgIpc) is 3.31. The Bertz CT molecular complexity index is 1520.